The number of hydrogen-bond donors (Lipinski definition) is 2. The minimum atomic E-state index is 0.173. The summed E-state index contributed by atoms with van der Waals surface area (Å²) in [7, 11) is 3.58. The molecule has 1 fully saturated rings. The van der Waals surface area contributed by atoms with E-state index in [9.17, 15) is 4.79 Å². The molecule has 0 spiro atoms. The number of benzene rings is 2. The van der Waals surface area contributed by atoms with Crippen LogP contribution in [-0.4, -0.2) is 58.5 Å². The largest absolute Gasteiger partial charge is 0.497 e. The number of hydrogen-bond acceptors (Lipinski definition) is 7. The number of thiazole rings is 1. The first kappa shape index (κ1) is 25.9. The van der Waals surface area contributed by atoms with Gasteiger partial charge in [-0.2, -0.15) is 0 Å². The van der Waals surface area contributed by atoms with Crippen LogP contribution in [0.25, 0.3) is 27.3 Å². The van der Waals surface area contributed by atoms with Crippen molar-refractivity contribution in [1.82, 2.24) is 19.3 Å². The zero-order valence-electron chi connectivity index (χ0n) is 22.6. The number of amides is 1. The number of rotatable bonds is 8. The number of nitrogens with one attached hydrogen (secondary N) is 2. The molecule has 1 aliphatic rings. The smallest absolute Gasteiger partial charge is 0.226 e. The monoisotopic (exact) mass is 552 g/mol. The summed E-state index contributed by atoms with van der Waals surface area (Å²) < 4.78 is 7.66. The third kappa shape index (κ3) is 5.37. The van der Waals surface area contributed by atoms with Gasteiger partial charge < -0.3 is 24.7 Å². The van der Waals surface area contributed by atoms with Gasteiger partial charge in [0.15, 0.2) is 0 Å². The maximum atomic E-state index is 12.9. The van der Waals surface area contributed by atoms with Crippen LogP contribution in [0.1, 0.15) is 18.4 Å². The highest BCUT2D eigenvalue weighted by Gasteiger charge is 2.24. The lowest BCUT2D eigenvalue weighted by Gasteiger charge is -2.32. The Bertz CT molecular complexity index is 1620. The average Bonchev–Trinajstić information content (AvgIpc) is 3.60. The Kier molecular flexibility index (Phi) is 7.37. The van der Waals surface area contributed by atoms with Crippen molar-refractivity contribution in [3.8, 4) is 28.3 Å². The molecule has 3 aromatic heterocycles. The van der Waals surface area contributed by atoms with Gasteiger partial charge in [0.2, 0.25) is 11.9 Å². The fourth-order valence-electron chi connectivity index (χ4n) is 5.26. The Morgan fingerprint density at radius 2 is 1.93 bits per heavy atom. The van der Waals surface area contributed by atoms with Crippen LogP contribution in [0.2, 0.25) is 0 Å². The molecule has 5 aromatic rings. The van der Waals surface area contributed by atoms with Crippen LogP contribution in [0.4, 0.5) is 11.6 Å². The number of fused-ring (bicyclic) bond motifs is 1. The van der Waals surface area contributed by atoms with E-state index in [1.54, 1.807) is 18.4 Å². The van der Waals surface area contributed by atoms with E-state index in [0.717, 1.165) is 70.3 Å². The molecule has 2 aromatic carbocycles. The van der Waals surface area contributed by atoms with Crippen molar-refractivity contribution in [2.24, 2.45) is 0 Å². The number of ether oxygens (including phenoxy) is 1. The molecular weight excluding hydrogens is 520 g/mol. The number of carbonyl (C=O) groups excluding carboxylic acids is 1. The van der Waals surface area contributed by atoms with Gasteiger partial charge in [0.05, 0.1) is 24.9 Å². The highest BCUT2D eigenvalue weighted by atomic mass is 32.1. The Morgan fingerprint density at radius 3 is 2.70 bits per heavy atom. The van der Waals surface area contributed by atoms with E-state index in [2.05, 4.69) is 49.8 Å². The summed E-state index contributed by atoms with van der Waals surface area (Å²) in [4.78, 5) is 25.5. The normalized spacial score (nSPS) is 13.9. The number of carbonyl (C=O) groups is 1. The Morgan fingerprint density at radius 1 is 1.10 bits per heavy atom. The molecule has 0 aliphatic carbocycles. The highest BCUT2D eigenvalue weighted by molar-refractivity contribution is 7.15. The molecule has 0 radical (unpaired) electrons. The lowest BCUT2D eigenvalue weighted by molar-refractivity contribution is -0.131. The lowest BCUT2D eigenvalue weighted by Crippen LogP contribution is -2.43. The summed E-state index contributed by atoms with van der Waals surface area (Å²) in [6.45, 7) is 1.44. The van der Waals surface area contributed by atoms with Gasteiger partial charge in [0.1, 0.15) is 10.6 Å². The highest BCUT2D eigenvalue weighted by Crippen LogP contribution is 2.37. The first-order valence-electron chi connectivity index (χ1n) is 13.5. The second-order valence-corrected chi connectivity index (χ2v) is 10.9. The molecule has 1 saturated heterocycles. The Labute approximate surface area is 237 Å². The van der Waals surface area contributed by atoms with Crippen LogP contribution in [0.15, 0.2) is 78.4 Å². The van der Waals surface area contributed by atoms with Gasteiger partial charge in [-0.1, -0.05) is 24.3 Å². The standard InChI is InChI=1S/C31H32N6O2S/c1-32-23-8-6-21(7-9-23)18-28(38)36-14-11-24(12-15-36)34-31-33-13-10-27(35-31)30-26(20-29-37(30)16-17-40-29)22-4-3-5-25(19-22)39-2/h3-10,13,16-17,19-20,24,32H,11-12,14-15,18H2,1-2H3,(H,33,34,35). The third-order valence-corrected chi connectivity index (χ3v) is 8.27. The first-order valence-corrected chi connectivity index (χ1v) is 14.4. The number of nitrogens with zero attached hydrogens (tertiary/aromatic N) is 4. The molecule has 0 bridgehead atoms. The van der Waals surface area contributed by atoms with E-state index in [1.165, 1.54) is 0 Å². The summed E-state index contributed by atoms with van der Waals surface area (Å²) in [5.74, 6) is 1.60. The van der Waals surface area contributed by atoms with Crippen molar-refractivity contribution in [3.05, 3.63) is 84.0 Å². The molecule has 6 rings (SSSR count). The zero-order chi connectivity index (χ0) is 27.5. The fourth-order valence-corrected chi connectivity index (χ4v) is 6.04. The predicted molar refractivity (Wildman–Crippen MR) is 161 cm³/mol. The summed E-state index contributed by atoms with van der Waals surface area (Å²) in [5.41, 5.74) is 6.13. The van der Waals surface area contributed by atoms with E-state index >= 15 is 0 Å². The summed E-state index contributed by atoms with van der Waals surface area (Å²) >= 11 is 1.70. The maximum Gasteiger partial charge on any atom is 0.226 e. The number of aromatic nitrogens is 3. The van der Waals surface area contributed by atoms with Gasteiger partial charge in [-0.05, 0) is 60.4 Å². The van der Waals surface area contributed by atoms with Crippen molar-refractivity contribution in [2.45, 2.75) is 25.3 Å². The van der Waals surface area contributed by atoms with Gasteiger partial charge >= 0.3 is 0 Å². The van der Waals surface area contributed by atoms with E-state index in [0.29, 0.717) is 12.4 Å². The Balaban J connectivity index is 1.15. The number of methoxy groups -OCH3 is 1. The number of likely N-dealkylation sites (tertiary alicyclic amines) is 1. The van der Waals surface area contributed by atoms with Crippen LogP contribution in [0, 0.1) is 0 Å². The van der Waals surface area contributed by atoms with Gasteiger partial charge in [-0.25, -0.2) is 9.97 Å². The molecule has 8 nitrogen and oxygen atoms in total. The lowest BCUT2D eigenvalue weighted by atomic mass is 10.0. The summed E-state index contributed by atoms with van der Waals surface area (Å²) in [6, 6.07) is 20.5. The third-order valence-electron chi connectivity index (χ3n) is 7.46. The van der Waals surface area contributed by atoms with E-state index in [-0.39, 0.29) is 11.9 Å². The van der Waals surface area contributed by atoms with Gasteiger partial charge in [0, 0.05) is 55.2 Å². The molecule has 4 heterocycles. The average molecular weight is 553 g/mol. The van der Waals surface area contributed by atoms with Crippen molar-refractivity contribution in [3.63, 3.8) is 0 Å². The molecule has 40 heavy (non-hydrogen) atoms. The molecule has 0 unspecified atom stereocenters. The minimum absolute atomic E-state index is 0.173. The number of anilines is 2. The van der Waals surface area contributed by atoms with Crippen molar-refractivity contribution >= 4 is 33.7 Å². The zero-order valence-corrected chi connectivity index (χ0v) is 23.4. The quantitative estimate of drug-likeness (QED) is 0.252. The second-order valence-electron chi connectivity index (χ2n) is 9.94. The van der Waals surface area contributed by atoms with Crippen molar-refractivity contribution < 1.29 is 9.53 Å². The second kappa shape index (κ2) is 11.4. The molecule has 1 aliphatic heterocycles. The summed E-state index contributed by atoms with van der Waals surface area (Å²) in [5, 5.41) is 8.72. The van der Waals surface area contributed by atoms with Gasteiger partial charge in [0.25, 0.3) is 0 Å². The van der Waals surface area contributed by atoms with Crippen LogP contribution in [0.5, 0.6) is 5.75 Å². The van der Waals surface area contributed by atoms with E-state index < -0.39 is 0 Å². The van der Waals surface area contributed by atoms with Crippen LogP contribution < -0.4 is 15.4 Å². The van der Waals surface area contributed by atoms with Crippen LogP contribution >= 0.6 is 11.3 Å². The molecule has 1 amide bonds. The molecule has 0 saturated carbocycles. The van der Waals surface area contributed by atoms with Crippen molar-refractivity contribution in [1.29, 1.82) is 0 Å². The summed E-state index contributed by atoms with van der Waals surface area (Å²) in [6.07, 6.45) is 6.02. The molecule has 2 N–H and O–H groups in total. The Hall–Kier alpha value is -4.37. The minimum Gasteiger partial charge on any atom is -0.497 e. The van der Waals surface area contributed by atoms with Crippen molar-refractivity contribution in [2.75, 3.05) is 37.9 Å². The fraction of sp³-hybridized carbons (Fsp3) is 0.258. The SMILES string of the molecule is CNc1ccc(CC(=O)N2CCC(Nc3nccc(-c4c(-c5cccc(OC)c5)cc5sccn45)n3)CC2)cc1. The molecule has 204 valence electrons. The van der Waals surface area contributed by atoms with Crippen LogP contribution in [0.3, 0.4) is 0 Å². The molecule has 0 atom stereocenters. The van der Waals surface area contributed by atoms with Gasteiger partial charge in [-0.3, -0.25) is 4.79 Å². The molecular formula is C31H32N6O2S. The molecule has 9 heteroatoms. The van der Waals surface area contributed by atoms with E-state index in [1.807, 2.05) is 60.6 Å². The van der Waals surface area contributed by atoms with E-state index in [4.69, 9.17) is 9.72 Å². The van der Waals surface area contributed by atoms with Crippen LogP contribution in [-0.2, 0) is 11.2 Å². The number of piperidine rings is 1. The first-order chi connectivity index (χ1) is 19.6. The maximum absolute atomic E-state index is 12.9. The predicted octanol–water partition coefficient (Wildman–Crippen LogP) is 5.82. The van der Waals surface area contributed by atoms with Gasteiger partial charge in [-0.15, -0.1) is 11.3 Å². The topological polar surface area (TPSA) is 83.8 Å².